The Bertz CT molecular complexity index is 273. The summed E-state index contributed by atoms with van der Waals surface area (Å²) in [6.07, 6.45) is 10.7. The van der Waals surface area contributed by atoms with E-state index in [9.17, 15) is 0 Å². The summed E-state index contributed by atoms with van der Waals surface area (Å²) in [7, 11) is 1.93. The third-order valence-electron chi connectivity index (χ3n) is 5.50. The van der Waals surface area contributed by atoms with Crippen molar-refractivity contribution in [2.24, 2.45) is 11.3 Å². The third-order valence-corrected chi connectivity index (χ3v) is 5.50. The molecule has 2 fully saturated rings. The molecule has 0 amide bonds. The Hall–Kier alpha value is -0.0800. The summed E-state index contributed by atoms with van der Waals surface area (Å²) < 4.78 is 6.08. The van der Waals surface area contributed by atoms with Crippen LogP contribution in [0.3, 0.4) is 0 Å². The minimum absolute atomic E-state index is 0.0976. The molecule has 1 atom stereocenters. The van der Waals surface area contributed by atoms with Gasteiger partial charge in [-0.2, -0.15) is 0 Å². The first-order valence-corrected chi connectivity index (χ1v) is 8.30. The van der Waals surface area contributed by atoms with Crippen molar-refractivity contribution in [2.75, 3.05) is 13.7 Å². The van der Waals surface area contributed by atoms with Crippen LogP contribution in [0.1, 0.15) is 72.1 Å². The number of methoxy groups -OCH3 is 1. The first-order valence-electron chi connectivity index (χ1n) is 8.30. The van der Waals surface area contributed by atoms with Crippen molar-refractivity contribution in [1.82, 2.24) is 5.32 Å². The van der Waals surface area contributed by atoms with Crippen molar-refractivity contribution in [3.8, 4) is 0 Å². The van der Waals surface area contributed by atoms with Gasteiger partial charge >= 0.3 is 0 Å². The van der Waals surface area contributed by atoms with Crippen LogP contribution >= 0.6 is 0 Å². The van der Waals surface area contributed by atoms with Crippen LogP contribution in [-0.4, -0.2) is 25.3 Å². The van der Waals surface area contributed by atoms with Crippen LogP contribution < -0.4 is 5.32 Å². The minimum Gasteiger partial charge on any atom is -0.377 e. The normalized spacial score (nSPS) is 27.2. The first kappa shape index (κ1) is 15.3. The zero-order valence-electron chi connectivity index (χ0n) is 13.4. The van der Waals surface area contributed by atoms with E-state index in [1.54, 1.807) is 0 Å². The minimum atomic E-state index is 0.0976. The quantitative estimate of drug-likeness (QED) is 0.748. The molecule has 1 N–H and O–H groups in total. The van der Waals surface area contributed by atoms with Gasteiger partial charge in [0.05, 0.1) is 5.60 Å². The lowest BCUT2D eigenvalue weighted by Crippen LogP contribution is -2.54. The molecule has 2 nitrogen and oxygen atoms in total. The highest BCUT2D eigenvalue weighted by Crippen LogP contribution is 2.45. The van der Waals surface area contributed by atoms with Gasteiger partial charge in [0.2, 0.25) is 0 Å². The fraction of sp³-hybridized carbons (Fsp3) is 1.00. The molecule has 0 bridgehead atoms. The largest absolute Gasteiger partial charge is 0.377 e. The van der Waals surface area contributed by atoms with Gasteiger partial charge in [-0.05, 0) is 56.4 Å². The van der Waals surface area contributed by atoms with Crippen LogP contribution in [0.4, 0.5) is 0 Å². The van der Waals surface area contributed by atoms with Gasteiger partial charge in [-0.3, -0.25) is 0 Å². The second-order valence-corrected chi connectivity index (χ2v) is 7.56. The molecule has 19 heavy (non-hydrogen) atoms. The van der Waals surface area contributed by atoms with E-state index in [1.165, 1.54) is 51.4 Å². The Morgan fingerprint density at radius 2 is 1.79 bits per heavy atom. The van der Waals surface area contributed by atoms with E-state index in [2.05, 4.69) is 26.1 Å². The summed E-state index contributed by atoms with van der Waals surface area (Å²) in [5.41, 5.74) is 0.607. The molecule has 0 aromatic carbocycles. The van der Waals surface area contributed by atoms with E-state index in [0.29, 0.717) is 11.5 Å². The van der Waals surface area contributed by atoms with E-state index < -0.39 is 0 Å². The SMILES string of the molecule is CCNC(CCC1CC1)C1(OC)CCC(C)(C)CC1. The zero-order chi connectivity index (χ0) is 13.9. The predicted octanol–water partition coefficient (Wildman–Crippen LogP) is 4.14. The highest BCUT2D eigenvalue weighted by Gasteiger charge is 2.44. The van der Waals surface area contributed by atoms with Crippen molar-refractivity contribution in [3.05, 3.63) is 0 Å². The maximum absolute atomic E-state index is 6.08. The van der Waals surface area contributed by atoms with Crippen molar-refractivity contribution in [1.29, 1.82) is 0 Å². The molecule has 2 aliphatic carbocycles. The van der Waals surface area contributed by atoms with Crippen molar-refractivity contribution in [3.63, 3.8) is 0 Å². The fourth-order valence-corrected chi connectivity index (χ4v) is 3.65. The lowest BCUT2D eigenvalue weighted by molar-refractivity contribution is -0.0881. The Balaban J connectivity index is 1.98. The van der Waals surface area contributed by atoms with Gasteiger partial charge in [0, 0.05) is 13.2 Å². The Morgan fingerprint density at radius 3 is 2.26 bits per heavy atom. The summed E-state index contributed by atoms with van der Waals surface area (Å²) in [4.78, 5) is 0. The van der Waals surface area contributed by atoms with Gasteiger partial charge in [-0.25, -0.2) is 0 Å². The number of rotatable bonds is 7. The highest BCUT2D eigenvalue weighted by atomic mass is 16.5. The van der Waals surface area contributed by atoms with Crippen molar-refractivity contribution < 1.29 is 4.74 Å². The topological polar surface area (TPSA) is 21.3 Å². The lowest BCUT2D eigenvalue weighted by Gasteiger charge is -2.47. The number of nitrogens with one attached hydrogen (secondary N) is 1. The van der Waals surface area contributed by atoms with Crippen LogP contribution in [0.15, 0.2) is 0 Å². The number of hydrogen-bond donors (Lipinski definition) is 1. The molecule has 0 aromatic heterocycles. The van der Waals surface area contributed by atoms with Crippen LogP contribution in [0.5, 0.6) is 0 Å². The van der Waals surface area contributed by atoms with Gasteiger partial charge in [-0.1, -0.05) is 33.6 Å². The molecule has 2 heteroatoms. The molecule has 112 valence electrons. The number of ether oxygens (including phenoxy) is 1. The summed E-state index contributed by atoms with van der Waals surface area (Å²) in [6, 6.07) is 0.555. The summed E-state index contributed by atoms with van der Waals surface area (Å²) in [5, 5.41) is 3.73. The average Bonchev–Trinajstić information content (AvgIpc) is 3.20. The monoisotopic (exact) mass is 267 g/mol. The van der Waals surface area contributed by atoms with Crippen molar-refractivity contribution >= 4 is 0 Å². The Morgan fingerprint density at radius 1 is 1.16 bits per heavy atom. The van der Waals surface area contributed by atoms with Gasteiger partial charge < -0.3 is 10.1 Å². The predicted molar refractivity (Wildman–Crippen MR) is 81.4 cm³/mol. The molecule has 0 aliphatic heterocycles. The molecule has 0 heterocycles. The van der Waals surface area contributed by atoms with E-state index in [-0.39, 0.29) is 5.60 Å². The van der Waals surface area contributed by atoms with Crippen LogP contribution in [0.25, 0.3) is 0 Å². The van der Waals surface area contributed by atoms with Gasteiger partial charge in [-0.15, -0.1) is 0 Å². The van der Waals surface area contributed by atoms with Crippen LogP contribution in [-0.2, 0) is 4.74 Å². The standard InChI is InChI=1S/C17H33NO/c1-5-18-15(9-8-14-6-7-14)17(19-4)12-10-16(2,3)11-13-17/h14-15,18H,5-13H2,1-4H3. The lowest BCUT2D eigenvalue weighted by atomic mass is 9.67. The maximum atomic E-state index is 6.08. The number of hydrogen-bond acceptors (Lipinski definition) is 2. The molecule has 0 radical (unpaired) electrons. The molecule has 2 saturated carbocycles. The third kappa shape index (κ3) is 3.95. The molecule has 2 aliphatic rings. The molecule has 2 rings (SSSR count). The van der Waals surface area contributed by atoms with E-state index in [1.807, 2.05) is 7.11 Å². The molecule has 0 aromatic rings. The van der Waals surface area contributed by atoms with E-state index in [0.717, 1.165) is 12.5 Å². The van der Waals surface area contributed by atoms with Crippen LogP contribution in [0.2, 0.25) is 0 Å². The molecular formula is C17H33NO. The fourth-order valence-electron chi connectivity index (χ4n) is 3.65. The molecule has 0 spiro atoms. The summed E-state index contributed by atoms with van der Waals surface area (Å²) in [5.74, 6) is 1.02. The van der Waals surface area contributed by atoms with Gasteiger partial charge in [0.1, 0.15) is 0 Å². The second-order valence-electron chi connectivity index (χ2n) is 7.56. The van der Waals surface area contributed by atoms with E-state index in [4.69, 9.17) is 4.74 Å². The van der Waals surface area contributed by atoms with E-state index >= 15 is 0 Å². The Kier molecular flexibility index (Phi) is 4.94. The van der Waals surface area contributed by atoms with Gasteiger partial charge in [0.15, 0.2) is 0 Å². The number of likely N-dealkylation sites (N-methyl/N-ethyl adjacent to an activating group) is 1. The zero-order valence-corrected chi connectivity index (χ0v) is 13.4. The molecular weight excluding hydrogens is 234 g/mol. The van der Waals surface area contributed by atoms with Crippen molar-refractivity contribution in [2.45, 2.75) is 83.8 Å². The summed E-state index contributed by atoms with van der Waals surface area (Å²) in [6.45, 7) is 8.09. The van der Waals surface area contributed by atoms with Crippen LogP contribution in [0, 0.1) is 11.3 Å². The maximum Gasteiger partial charge on any atom is 0.0831 e. The average molecular weight is 267 g/mol. The second kappa shape index (κ2) is 6.13. The summed E-state index contributed by atoms with van der Waals surface area (Å²) >= 11 is 0. The molecule has 0 saturated heterocycles. The molecule has 1 unspecified atom stereocenters. The highest BCUT2D eigenvalue weighted by molar-refractivity contribution is 4.99. The first-order chi connectivity index (χ1) is 9.01. The Labute approximate surface area is 119 Å². The van der Waals surface area contributed by atoms with Gasteiger partial charge in [0.25, 0.3) is 0 Å². The smallest absolute Gasteiger partial charge is 0.0831 e.